The minimum Gasteiger partial charge on any atom is -0.486 e. The lowest BCUT2D eigenvalue weighted by molar-refractivity contribution is 0.126. The SMILES string of the molecule is O=C(Nc1ccc(Cl)cc1)O[C@@H](Nc1nc(COc2ccccc2)nc(N[C@@H](OC(=O)Nc2ccccc2)C(Cl)(Cl)Cl)n1)C(Cl)(Cl)Cl. The average Bonchev–Trinajstić information content (AvgIpc) is 3.00. The number of hydrogen-bond donors (Lipinski definition) is 4. The molecule has 0 saturated carbocycles. The molecule has 0 bridgehead atoms. The summed E-state index contributed by atoms with van der Waals surface area (Å²) in [5.41, 5.74) is 0.772. The second-order valence-corrected chi connectivity index (χ2v) is 14.2. The molecule has 0 fully saturated rings. The fraction of sp³-hybridized carbons (Fsp3) is 0.179. The second kappa shape index (κ2) is 16.6. The van der Waals surface area contributed by atoms with Gasteiger partial charge in [-0.3, -0.25) is 10.6 Å². The van der Waals surface area contributed by atoms with Crippen molar-refractivity contribution in [2.24, 2.45) is 0 Å². The summed E-state index contributed by atoms with van der Waals surface area (Å²) >= 11 is 42.6. The molecule has 47 heavy (non-hydrogen) atoms. The lowest BCUT2D eigenvalue weighted by atomic mass is 10.3. The third kappa shape index (κ3) is 12.3. The molecule has 4 N–H and O–H groups in total. The van der Waals surface area contributed by atoms with Crippen molar-refractivity contribution in [2.45, 2.75) is 26.6 Å². The van der Waals surface area contributed by atoms with E-state index in [1.54, 1.807) is 66.7 Å². The van der Waals surface area contributed by atoms with E-state index in [-0.39, 0.29) is 24.3 Å². The molecule has 4 aromatic rings. The zero-order valence-electron chi connectivity index (χ0n) is 23.5. The van der Waals surface area contributed by atoms with E-state index in [9.17, 15) is 9.59 Å². The molecule has 19 heteroatoms. The lowest BCUT2D eigenvalue weighted by Gasteiger charge is -2.27. The largest absolute Gasteiger partial charge is 0.486 e. The van der Waals surface area contributed by atoms with Gasteiger partial charge in [-0.15, -0.1) is 0 Å². The molecule has 2 atom stereocenters. The highest BCUT2D eigenvalue weighted by atomic mass is 35.6. The van der Waals surface area contributed by atoms with Crippen LogP contribution in [0.4, 0.5) is 32.9 Å². The minimum absolute atomic E-state index is 0.0133. The molecule has 1 aromatic heterocycles. The number of benzene rings is 3. The van der Waals surface area contributed by atoms with Crippen molar-refractivity contribution in [3.8, 4) is 5.75 Å². The maximum absolute atomic E-state index is 12.7. The first-order valence-electron chi connectivity index (χ1n) is 13.1. The quantitative estimate of drug-likeness (QED) is 0.0859. The number of halogens is 7. The van der Waals surface area contributed by atoms with Gasteiger partial charge in [-0.2, -0.15) is 15.0 Å². The van der Waals surface area contributed by atoms with Gasteiger partial charge in [-0.1, -0.05) is 118 Å². The van der Waals surface area contributed by atoms with Gasteiger partial charge < -0.3 is 24.8 Å². The monoisotopic (exact) mass is 781 g/mol. The van der Waals surface area contributed by atoms with Crippen LogP contribution in [0.5, 0.6) is 5.75 Å². The Labute approximate surface area is 303 Å². The Morgan fingerprint density at radius 2 is 1.09 bits per heavy atom. The average molecular weight is 785 g/mol. The Hall–Kier alpha value is -3.36. The number of aromatic nitrogens is 3. The van der Waals surface area contributed by atoms with E-state index in [1.165, 1.54) is 12.1 Å². The van der Waals surface area contributed by atoms with Crippen molar-refractivity contribution in [3.05, 3.63) is 95.8 Å². The summed E-state index contributed by atoms with van der Waals surface area (Å²) in [6, 6.07) is 23.4. The van der Waals surface area contributed by atoms with Gasteiger partial charge in [0.1, 0.15) is 12.4 Å². The molecule has 0 radical (unpaired) electrons. The van der Waals surface area contributed by atoms with E-state index >= 15 is 0 Å². The number of anilines is 4. The molecule has 0 aliphatic rings. The molecule has 248 valence electrons. The number of para-hydroxylation sites is 2. The van der Waals surface area contributed by atoms with Gasteiger partial charge >= 0.3 is 12.2 Å². The predicted octanol–water partition coefficient (Wildman–Crippen LogP) is 8.82. The predicted molar refractivity (Wildman–Crippen MR) is 184 cm³/mol. The van der Waals surface area contributed by atoms with Crippen LogP contribution in [0.3, 0.4) is 0 Å². The molecule has 1 heterocycles. The van der Waals surface area contributed by atoms with Gasteiger partial charge in [0, 0.05) is 16.4 Å². The first-order valence-corrected chi connectivity index (χ1v) is 15.7. The molecular formula is C28H22Cl7N7O5. The Morgan fingerprint density at radius 3 is 1.55 bits per heavy atom. The molecule has 4 rings (SSSR count). The van der Waals surface area contributed by atoms with Crippen LogP contribution in [0.25, 0.3) is 0 Å². The second-order valence-electron chi connectivity index (χ2n) is 9.07. The number of alkyl halides is 6. The summed E-state index contributed by atoms with van der Waals surface area (Å²) in [4.78, 5) is 38.0. The molecule has 0 spiro atoms. The van der Waals surface area contributed by atoms with Crippen LogP contribution in [0.1, 0.15) is 5.82 Å². The van der Waals surface area contributed by atoms with E-state index in [2.05, 4.69) is 36.2 Å². The number of nitrogens with one attached hydrogen (secondary N) is 4. The Bertz CT molecular complexity index is 1630. The highest BCUT2D eigenvalue weighted by Crippen LogP contribution is 2.34. The van der Waals surface area contributed by atoms with Gasteiger partial charge in [0.25, 0.3) is 0 Å². The number of carbonyl (C=O) groups is 2. The van der Waals surface area contributed by atoms with Crippen LogP contribution in [0.2, 0.25) is 5.02 Å². The highest BCUT2D eigenvalue weighted by Gasteiger charge is 2.39. The minimum atomic E-state index is -2.24. The number of carbonyl (C=O) groups excluding carboxylic acids is 2. The van der Waals surface area contributed by atoms with Crippen molar-refractivity contribution in [3.63, 3.8) is 0 Å². The van der Waals surface area contributed by atoms with Crippen molar-refractivity contribution in [1.29, 1.82) is 0 Å². The number of hydrogen-bond acceptors (Lipinski definition) is 10. The Balaban J connectivity index is 1.57. The summed E-state index contributed by atoms with van der Waals surface area (Å²) in [6.07, 6.45) is -5.25. The third-order valence-corrected chi connectivity index (χ3v) is 6.91. The summed E-state index contributed by atoms with van der Waals surface area (Å²) in [5, 5.41) is 10.7. The van der Waals surface area contributed by atoms with Gasteiger partial charge in [-0.25, -0.2) is 9.59 Å². The Morgan fingerprint density at radius 1 is 0.638 bits per heavy atom. The third-order valence-electron chi connectivity index (χ3n) is 5.47. The molecule has 0 aliphatic heterocycles. The summed E-state index contributed by atoms with van der Waals surface area (Å²) in [6.45, 7) is -0.194. The van der Waals surface area contributed by atoms with Crippen LogP contribution in [0, 0.1) is 0 Å². The number of nitrogens with zero attached hydrogens (tertiary/aromatic N) is 3. The number of ether oxygens (including phenoxy) is 3. The van der Waals surface area contributed by atoms with Crippen LogP contribution in [-0.2, 0) is 16.1 Å². The maximum atomic E-state index is 12.7. The van der Waals surface area contributed by atoms with E-state index < -0.39 is 32.2 Å². The van der Waals surface area contributed by atoms with Crippen molar-refractivity contribution in [1.82, 2.24) is 15.0 Å². The van der Waals surface area contributed by atoms with E-state index in [1.807, 2.05) is 6.07 Å². The maximum Gasteiger partial charge on any atom is 0.413 e. The van der Waals surface area contributed by atoms with E-state index in [0.717, 1.165) is 0 Å². The fourth-order valence-corrected chi connectivity index (χ4v) is 4.15. The van der Waals surface area contributed by atoms with Crippen molar-refractivity contribution < 1.29 is 23.8 Å². The molecule has 3 aromatic carbocycles. The fourth-order valence-electron chi connectivity index (χ4n) is 3.43. The highest BCUT2D eigenvalue weighted by molar-refractivity contribution is 6.68. The van der Waals surface area contributed by atoms with Gasteiger partial charge in [0.05, 0.1) is 0 Å². The van der Waals surface area contributed by atoms with E-state index in [4.69, 9.17) is 95.4 Å². The first-order chi connectivity index (χ1) is 22.2. The zero-order chi connectivity index (χ0) is 34.0. The molecule has 0 saturated heterocycles. The lowest BCUT2D eigenvalue weighted by Crippen LogP contribution is -2.41. The molecule has 2 amide bonds. The van der Waals surface area contributed by atoms with Crippen LogP contribution in [0.15, 0.2) is 84.9 Å². The number of rotatable bonds is 11. The zero-order valence-corrected chi connectivity index (χ0v) is 28.8. The van der Waals surface area contributed by atoms with Gasteiger partial charge in [-0.05, 0) is 48.5 Å². The molecule has 0 unspecified atom stereocenters. The Kier molecular flexibility index (Phi) is 12.9. The smallest absolute Gasteiger partial charge is 0.413 e. The molecule has 12 nitrogen and oxygen atoms in total. The topological polar surface area (TPSA) is 149 Å². The van der Waals surface area contributed by atoms with Crippen LogP contribution >= 0.6 is 81.2 Å². The van der Waals surface area contributed by atoms with Crippen LogP contribution < -0.4 is 26.0 Å². The number of amides is 2. The normalized spacial score (nSPS) is 12.7. The van der Waals surface area contributed by atoms with Crippen molar-refractivity contribution in [2.75, 3.05) is 21.3 Å². The van der Waals surface area contributed by atoms with Crippen molar-refractivity contribution >= 4 is 117 Å². The van der Waals surface area contributed by atoms with E-state index in [0.29, 0.717) is 22.1 Å². The summed E-state index contributed by atoms with van der Waals surface area (Å²) in [7, 11) is 0. The summed E-state index contributed by atoms with van der Waals surface area (Å²) < 4.78 is 11.9. The van der Waals surface area contributed by atoms with Gasteiger partial charge in [0.15, 0.2) is 5.82 Å². The summed E-state index contributed by atoms with van der Waals surface area (Å²) in [5.74, 6) is -0.0361. The standard InChI is InChI=1S/C28H22Cl7N7O5/c29-16-11-13-18(14-12-16)37-26(44)47-22(28(33,34)35)41-24-39-20(15-45-19-9-5-2-6-10-19)38-23(42-24)40-21(27(30,31)32)46-25(43)36-17-7-3-1-4-8-17/h1-14,21-22H,15H2,(H,36,43)(H,37,44)(H2,38,39,40,41,42)/t21-,22+/m0/s1. The molecular weight excluding hydrogens is 763 g/mol. The van der Waals surface area contributed by atoms with Crippen LogP contribution in [-0.4, -0.2) is 47.2 Å². The first kappa shape index (κ1) is 36.5. The van der Waals surface area contributed by atoms with Gasteiger partial charge in [0.2, 0.25) is 31.9 Å². The molecule has 0 aliphatic carbocycles.